The molecule has 0 aliphatic carbocycles. The number of aromatic nitrogens is 1. The van der Waals surface area contributed by atoms with Gasteiger partial charge in [0.05, 0.1) is 12.3 Å². The molecule has 0 N–H and O–H groups in total. The van der Waals surface area contributed by atoms with Crippen LogP contribution in [0.1, 0.15) is 53.9 Å². The van der Waals surface area contributed by atoms with Crippen LogP contribution in [0.4, 0.5) is 0 Å². The van der Waals surface area contributed by atoms with Gasteiger partial charge in [-0.2, -0.15) is 0 Å². The molecule has 1 aromatic heterocycles. The molecule has 0 aliphatic heterocycles. The van der Waals surface area contributed by atoms with Crippen molar-refractivity contribution in [2.24, 2.45) is 0 Å². The normalized spacial score (nSPS) is 10.7. The highest BCUT2D eigenvalue weighted by atomic mass is 35.5. The van der Waals surface area contributed by atoms with Gasteiger partial charge in [-0.25, -0.2) is 0 Å². The average Bonchev–Trinajstić information content (AvgIpc) is 2.96. The van der Waals surface area contributed by atoms with Crippen molar-refractivity contribution in [1.29, 1.82) is 0 Å². The molecule has 0 saturated heterocycles. The summed E-state index contributed by atoms with van der Waals surface area (Å²) in [4.78, 5) is 10.9. The fourth-order valence-electron chi connectivity index (χ4n) is 2.34. The van der Waals surface area contributed by atoms with Crippen molar-refractivity contribution in [3.63, 3.8) is 0 Å². The van der Waals surface area contributed by atoms with E-state index in [9.17, 15) is 4.79 Å². The minimum Gasteiger partial charge on any atom is -0.494 e. The van der Waals surface area contributed by atoms with Crippen molar-refractivity contribution in [2.75, 3.05) is 6.61 Å². The number of hydrogen-bond donors (Lipinski definition) is 0. The molecule has 4 nitrogen and oxygen atoms in total. The van der Waals surface area contributed by atoms with Crippen molar-refractivity contribution in [2.45, 2.75) is 45.4 Å². The first-order valence-corrected chi connectivity index (χ1v) is 8.38. The lowest BCUT2D eigenvalue weighted by atomic mass is 10.1. The van der Waals surface area contributed by atoms with Gasteiger partial charge in [0, 0.05) is 18.1 Å². The predicted octanol–water partition coefficient (Wildman–Crippen LogP) is 4.93. The van der Waals surface area contributed by atoms with Gasteiger partial charge in [0.25, 0.3) is 5.24 Å². The second-order valence-electron chi connectivity index (χ2n) is 5.60. The Morgan fingerprint density at radius 1 is 1.13 bits per heavy atom. The summed E-state index contributed by atoms with van der Waals surface area (Å²) in [6.07, 6.45) is 6.64. The van der Waals surface area contributed by atoms with E-state index in [0.717, 1.165) is 42.9 Å². The van der Waals surface area contributed by atoms with E-state index in [1.807, 2.05) is 13.0 Å². The molecule has 0 spiro atoms. The molecule has 124 valence electrons. The number of hydrogen-bond acceptors (Lipinski definition) is 4. The van der Waals surface area contributed by atoms with Gasteiger partial charge in [-0.3, -0.25) is 4.79 Å². The van der Waals surface area contributed by atoms with Crippen LogP contribution in [0.3, 0.4) is 0 Å². The van der Waals surface area contributed by atoms with E-state index in [1.165, 1.54) is 12.8 Å². The molecular weight excluding hydrogens is 314 g/mol. The Morgan fingerprint density at radius 3 is 2.48 bits per heavy atom. The van der Waals surface area contributed by atoms with Crippen molar-refractivity contribution >= 4 is 16.8 Å². The first-order chi connectivity index (χ1) is 11.1. The van der Waals surface area contributed by atoms with Crippen molar-refractivity contribution in [3.8, 4) is 5.75 Å². The van der Waals surface area contributed by atoms with E-state index in [-0.39, 0.29) is 0 Å². The zero-order chi connectivity index (χ0) is 16.5. The molecule has 0 atom stereocenters. The lowest BCUT2D eigenvalue weighted by Crippen LogP contribution is -1.98. The number of carbonyl (C=O) groups is 1. The summed E-state index contributed by atoms with van der Waals surface area (Å²) in [6.45, 7) is 2.63. The summed E-state index contributed by atoms with van der Waals surface area (Å²) in [7, 11) is 0. The lowest BCUT2D eigenvalue weighted by Gasteiger charge is -2.06. The molecule has 1 aromatic carbocycles. The summed E-state index contributed by atoms with van der Waals surface area (Å²) >= 11 is 5.39. The van der Waals surface area contributed by atoms with Gasteiger partial charge in [-0.05, 0) is 55.6 Å². The van der Waals surface area contributed by atoms with Gasteiger partial charge >= 0.3 is 0 Å². The maximum Gasteiger partial charge on any atom is 0.252 e. The van der Waals surface area contributed by atoms with Crippen LogP contribution in [0, 0.1) is 6.92 Å². The van der Waals surface area contributed by atoms with Crippen LogP contribution in [0.5, 0.6) is 5.75 Å². The van der Waals surface area contributed by atoms with E-state index in [4.69, 9.17) is 20.9 Å². The Morgan fingerprint density at radius 2 is 1.83 bits per heavy atom. The molecule has 0 unspecified atom stereocenters. The first kappa shape index (κ1) is 17.5. The van der Waals surface area contributed by atoms with Crippen LogP contribution < -0.4 is 4.74 Å². The van der Waals surface area contributed by atoms with Gasteiger partial charge in [0.15, 0.2) is 0 Å². The van der Waals surface area contributed by atoms with E-state index < -0.39 is 5.24 Å². The number of ether oxygens (including phenoxy) is 1. The molecule has 0 aliphatic rings. The van der Waals surface area contributed by atoms with Crippen LogP contribution in [-0.4, -0.2) is 17.0 Å². The summed E-state index contributed by atoms with van der Waals surface area (Å²) in [5.74, 6) is 1.75. The summed E-state index contributed by atoms with van der Waals surface area (Å²) in [5, 5.41) is 3.44. The van der Waals surface area contributed by atoms with E-state index in [0.29, 0.717) is 12.2 Å². The van der Waals surface area contributed by atoms with Crippen LogP contribution in [0.25, 0.3) is 0 Å². The molecule has 5 heteroatoms. The zero-order valence-corrected chi connectivity index (χ0v) is 14.1. The van der Waals surface area contributed by atoms with E-state index in [2.05, 4.69) is 5.16 Å². The second-order valence-corrected chi connectivity index (χ2v) is 5.94. The third-order valence-electron chi connectivity index (χ3n) is 3.59. The Kier molecular flexibility index (Phi) is 7.14. The van der Waals surface area contributed by atoms with Gasteiger partial charge in [0.2, 0.25) is 0 Å². The molecule has 0 radical (unpaired) electrons. The van der Waals surface area contributed by atoms with E-state index in [1.54, 1.807) is 24.3 Å². The van der Waals surface area contributed by atoms with Gasteiger partial charge in [-0.15, -0.1) is 0 Å². The molecule has 0 bridgehead atoms. The highest BCUT2D eigenvalue weighted by molar-refractivity contribution is 6.67. The molecule has 0 amide bonds. The monoisotopic (exact) mass is 335 g/mol. The molecule has 0 fully saturated rings. The summed E-state index contributed by atoms with van der Waals surface area (Å²) in [6, 6.07) is 8.90. The Hall–Kier alpha value is -1.81. The van der Waals surface area contributed by atoms with Gasteiger partial charge < -0.3 is 9.26 Å². The number of halogens is 1. The number of nitrogens with zero attached hydrogens (tertiary/aromatic N) is 1. The minimum absolute atomic E-state index is 0.447. The third-order valence-corrected chi connectivity index (χ3v) is 3.81. The number of rotatable bonds is 10. The first-order valence-electron chi connectivity index (χ1n) is 8.00. The maximum atomic E-state index is 10.9. The summed E-state index contributed by atoms with van der Waals surface area (Å²) < 4.78 is 10.8. The number of benzene rings is 1. The van der Waals surface area contributed by atoms with Gasteiger partial charge in [-0.1, -0.05) is 24.4 Å². The minimum atomic E-state index is -0.447. The number of aryl methyl sites for hydroxylation is 2. The molecule has 1 heterocycles. The quantitative estimate of drug-likeness (QED) is 0.456. The molecular formula is C18H22ClNO3. The van der Waals surface area contributed by atoms with Crippen LogP contribution in [-0.2, 0) is 6.42 Å². The number of unbranched alkanes of at least 4 members (excludes halogenated alkanes) is 4. The molecule has 2 aromatic rings. The topological polar surface area (TPSA) is 52.3 Å². The highest BCUT2D eigenvalue weighted by Crippen LogP contribution is 2.15. The molecule has 0 saturated carbocycles. The summed E-state index contributed by atoms with van der Waals surface area (Å²) in [5.41, 5.74) is 1.43. The Balaban J connectivity index is 1.50. The smallest absolute Gasteiger partial charge is 0.252 e. The largest absolute Gasteiger partial charge is 0.494 e. The fourth-order valence-corrected chi connectivity index (χ4v) is 2.46. The van der Waals surface area contributed by atoms with E-state index >= 15 is 0 Å². The number of carbonyl (C=O) groups excluding carboxylic acids is 1. The van der Waals surface area contributed by atoms with Crippen LogP contribution in [0.2, 0.25) is 0 Å². The maximum absolute atomic E-state index is 10.9. The van der Waals surface area contributed by atoms with Crippen molar-refractivity contribution in [3.05, 3.63) is 47.3 Å². The zero-order valence-electron chi connectivity index (χ0n) is 13.4. The van der Waals surface area contributed by atoms with Gasteiger partial charge in [0.1, 0.15) is 11.5 Å². The third kappa shape index (κ3) is 6.45. The average molecular weight is 336 g/mol. The Labute approximate surface area is 141 Å². The lowest BCUT2D eigenvalue weighted by molar-refractivity contribution is 0.108. The molecule has 23 heavy (non-hydrogen) atoms. The predicted molar refractivity (Wildman–Crippen MR) is 90.1 cm³/mol. The molecule has 2 rings (SSSR count). The standard InChI is InChI=1S/C18H22ClNO3/c1-14-13-17(23-20-14)7-5-3-2-4-6-12-22-16-10-8-15(9-11-16)18(19)21/h8-11,13H,2-7,12H2,1H3. The highest BCUT2D eigenvalue weighted by Gasteiger charge is 2.02. The fraction of sp³-hybridized carbons (Fsp3) is 0.444. The van der Waals surface area contributed by atoms with Crippen LogP contribution >= 0.6 is 11.6 Å². The van der Waals surface area contributed by atoms with Crippen LogP contribution in [0.15, 0.2) is 34.9 Å². The van der Waals surface area contributed by atoms with Crippen molar-refractivity contribution < 1.29 is 14.1 Å². The SMILES string of the molecule is Cc1cc(CCCCCCCOc2ccc(C(=O)Cl)cc2)on1. The Bertz CT molecular complexity index is 607. The second kappa shape index (κ2) is 9.36. The van der Waals surface area contributed by atoms with Crippen molar-refractivity contribution in [1.82, 2.24) is 5.16 Å².